The zero-order valence-corrected chi connectivity index (χ0v) is 9.56. The molecule has 16 heavy (non-hydrogen) atoms. The molecule has 0 fully saturated rings. The molecule has 1 N–H and O–H groups in total. The minimum atomic E-state index is -4.31. The highest BCUT2D eigenvalue weighted by Gasteiger charge is 2.27. The summed E-state index contributed by atoms with van der Waals surface area (Å²) >= 11 is 0. The van der Waals surface area contributed by atoms with E-state index in [9.17, 15) is 18.0 Å². The average molecular weight is 241 g/mol. The Labute approximate surface area is 93.3 Å². The molecule has 0 aromatic heterocycles. The molecule has 0 atom stereocenters. The minimum Gasteiger partial charge on any atom is -0.370 e. The Hall–Kier alpha value is -0.780. The third-order valence-electron chi connectivity index (χ3n) is 2.17. The minimum absolute atomic E-state index is 0.0670. The quantitative estimate of drug-likeness (QED) is 0.693. The maximum absolute atomic E-state index is 11.7. The molecule has 0 spiro atoms. The van der Waals surface area contributed by atoms with Gasteiger partial charge in [0.05, 0.1) is 6.61 Å². The predicted molar refractivity (Wildman–Crippen MR) is 54.0 cm³/mol. The van der Waals surface area contributed by atoms with Crippen molar-refractivity contribution in [3.8, 4) is 0 Å². The molecule has 0 aliphatic rings. The van der Waals surface area contributed by atoms with Gasteiger partial charge in [-0.2, -0.15) is 13.2 Å². The van der Waals surface area contributed by atoms with Crippen LogP contribution in [0.15, 0.2) is 0 Å². The first kappa shape index (κ1) is 15.2. The van der Waals surface area contributed by atoms with E-state index in [1.807, 2.05) is 13.8 Å². The van der Waals surface area contributed by atoms with E-state index in [1.165, 1.54) is 0 Å². The van der Waals surface area contributed by atoms with E-state index in [0.717, 1.165) is 12.8 Å². The SMILES string of the molecule is CCC(CC)C(=O)NCCOCC(F)(F)F. The molecule has 0 aliphatic carbocycles. The van der Waals surface area contributed by atoms with Crippen LogP contribution in [0.25, 0.3) is 0 Å². The summed E-state index contributed by atoms with van der Waals surface area (Å²) in [5.41, 5.74) is 0. The lowest BCUT2D eigenvalue weighted by molar-refractivity contribution is -0.173. The maximum Gasteiger partial charge on any atom is 0.411 e. The van der Waals surface area contributed by atoms with E-state index in [2.05, 4.69) is 10.1 Å². The van der Waals surface area contributed by atoms with Crippen LogP contribution >= 0.6 is 0 Å². The van der Waals surface area contributed by atoms with Crippen LogP contribution in [0.2, 0.25) is 0 Å². The lowest BCUT2D eigenvalue weighted by Gasteiger charge is -2.13. The third kappa shape index (κ3) is 7.50. The summed E-state index contributed by atoms with van der Waals surface area (Å²) in [6.07, 6.45) is -2.85. The fraction of sp³-hybridized carbons (Fsp3) is 0.900. The van der Waals surface area contributed by atoms with Crippen molar-refractivity contribution in [3.63, 3.8) is 0 Å². The highest BCUT2D eigenvalue weighted by Crippen LogP contribution is 2.14. The third-order valence-corrected chi connectivity index (χ3v) is 2.17. The molecule has 3 nitrogen and oxygen atoms in total. The first-order chi connectivity index (χ1) is 7.40. The van der Waals surface area contributed by atoms with Crippen molar-refractivity contribution in [2.24, 2.45) is 5.92 Å². The van der Waals surface area contributed by atoms with Crippen LogP contribution in [0.4, 0.5) is 13.2 Å². The van der Waals surface area contributed by atoms with E-state index < -0.39 is 12.8 Å². The second-order valence-corrected chi connectivity index (χ2v) is 3.47. The Morgan fingerprint density at radius 1 is 1.31 bits per heavy atom. The molecule has 0 bridgehead atoms. The highest BCUT2D eigenvalue weighted by molar-refractivity contribution is 5.78. The van der Waals surface area contributed by atoms with Crippen molar-refractivity contribution in [2.45, 2.75) is 32.9 Å². The van der Waals surface area contributed by atoms with Gasteiger partial charge in [-0.3, -0.25) is 4.79 Å². The Kier molecular flexibility index (Phi) is 7.12. The Bertz CT molecular complexity index is 203. The van der Waals surface area contributed by atoms with Gasteiger partial charge in [-0.1, -0.05) is 13.8 Å². The van der Waals surface area contributed by atoms with E-state index in [4.69, 9.17) is 0 Å². The molecule has 0 aromatic rings. The predicted octanol–water partition coefficient (Wildman–Crippen LogP) is 2.12. The van der Waals surface area contributed by atoms with E-state index in [-0.39, 0.29) is 25.0 Å². The molecule has 0 saturated heterocycles. The molecule has 0 saturated carbocycles. The molecule has 1 amide bonds. The van der Waals surface area contributed by atoms with E-state index in [1.54, 1.807) is 0 Å². The van der Waals surface area contributed by atoms with Crippen LogP contribution in [-0.2, 0) is 9.53 Å². The van der Waals surface area contributed by atoms with Crippen LogP contribution in [0.5, 0.6) is 0 Å². The van der Waals surface area contributed by atoms with Gasteiger partial charge in [0, 0.05) is 12.5 Å². The molecule has 0 heterocycles. The Morgan fingerprint density at radius 2 is 1.88 bits per heavy atom. The summed E-state index contributed by atoms with van der Waals surface area (Å²) in [6.45, 7) is 2.52. The largest absolute Gasteiger partial charge is 0.411 e. The number of rotatable bonds is 7. The molecule has 0 rings (SSSR count). The van der Waals surface area contributed by atoms with Crippen LogP contribution in [0, 0.1) is 5.92 Å². The lowest BCUT2D eigenvalue weighted by Crippen LogP contribution is -2.33. The number of halogens is 3. The molecular weight excluding hydrogens is 223 g/mol. The van der Waals surface area contributed by atoms with Crippen LogP contribution < -0.4 is 5.32 Å². The van der Waals surface area contributed by atoms with Crippen LogP contribution in [0.1, 0.15) is 26.7 Å². The summed E-state index contributed by atoms with van der Waals surface area (Å²) in [5.74, 6) is -0.191. The van der Waals surface area contributed by atoms with Crippen molar-refractivity contribution < 1.29 is 22.7 Å². The molecule has 6 heteroatoms. The molecule has 0 aromatic carbocycles. The fourth-order valence-corrected chi connectivity index (χ4v) is 1.24. The smallest absolute Gasteiger partial charge is 0.370 e. The number of hydrogen-bond acceptors (Lipinski definition) is 2. The molecule has 0 radical (unpaired) electrons. The van der Waals surface area contributed by atoms with Gasteiger partial charge in [0.15, 0.2) is 0 Å². The first-order valence-corrected chi connectivity index (χ1v) is 5.32. The lowest BCUT2D eigenvalue weighted by atomic mass is 10.0. The topological polar surface area (TPSA) is 38.3 Å². The number of hydrogen-bond donors (Lipinski definition) is 1. The van der Waals surface area contributed by atoms with Gasteiger partial charge < -0.3 is 10.1 Å². The van der Waals surface area contributed by atoms with Crippen LogP contribution in [0.3, 0.4) is 0 Å². The molecular formula is C10H18F3NO2. The monoisotopic (exact) mass is 241 g/mol. The summed E-state index contributed by atoms with van der Waals surface area (Å²) in [7, 11) is 0. The number of ether oxygens (including phenoxy) is 1. The number of amides is 1. The second-order valence-electron chi connectivity index (χ2n) is 3.47. The number of carbonyl (C=O) groups excluding carboxylic acids is 1. The van der Waals surface area contributed by atoms with Crippen molar-refractivity contribution in [1.82, 2.24) is 5.32 Å². The highest BCUT2D eigenvalue weighted by atomic mass is 19.4. The molecule has 0 unspecified atom stereocenters. The van der Waals surface area contributed by atoms with Crippen molar-refractivity contribution in [1.29, 1.82) is 0 Å². The molecule has 96 valence electrons. The fourth-order valence-electron chi connectivity index (χ4n) is 1.24. The summed E-state index contributed by atoms with van der Waals surface area (Å²) in [6, 6.07) is 0. The van der Waals surface area contributed by atoms with Gasteiger partial charge in [0.25, 0.3) is 0 Å². The van der Waals surface area contributed by atoms with Gasteiger partial charge in [-0.05, 0) is 12.8 Å². The molecule has 0 aliphatic heterocycles. The summed E-state index contributed by atoms with van der Waals surface area (Å²) in [4.78, 5) is 11.4. The standard InChI is InChI=1S/C10H18F3NO2/c1-3-8(4-2)9(15)14-5-6-16-7-10(11,12)13/h8H,3-7H2,1-2H3,(H,14,15). The van der Waals surface area contributed by atoms with Gasteiger partial charge in [-0.25, -0.2) is 0 Å². The number of alkyl halides is 3. The van der Waals surface area contributed by atoms with Crippen LogP contribution in [-0.4, -0.2) is 31.8 Å². The average Bonchev–Trinajstić information content (AvgIpc) is 2.17. The maximum atomic E-state index is 11.7. The zero-order valence-electron chi connectivity index (χ0n) is 9.56. The zero-order chi connectivity index (χ0) is 12.6. The van der Waals surface area contributed by atoms with Gasteiger partial charge in [0.2, 0.25) is 5.91 Å². The van der Waals surface area contributed by atoms with Gasteiger partial charge in [-0.15, -0.1) is 0 Å². The van der Waals surface area contributed by atoms with Crippen molar-refractivity contribution in [3.05, 3.63) is 0 Å². The van der Waals surface area contributed by atoms with E-state index in [0.29, 0.717) is 0 Å². The van der Waals surface area contributed by atoms with Gasteiger partial charge in [0.1, 0.15) is 6.61 Å². The van der Waals surface area contributed by atoms with Crippen molar-refractivity contribution in [2.75, 3.05) is 19.8 Å². The Balaban J connectivity index is 3.55. The Morgan fingerprint density at radius 3 is 2.31 bits per heavy atom. The van der Waals surface area contributed by atoms with Gasteiger partial charge >= 0.3 is 6.18 Å². The second kappa shape index (κ2) is 7.49. The summed E-state index contributed by atoms with van der Waals surface area (Å²) < 4.78 is 39.4. The normalized spacial score (nSPS) is 11.9. The van der Waals surface area contributed by atoms with Crippen molar-refractivity contribution >= 4 is 5.91 Å². The number of carbonyl (C=O) groups is 1. The summed E-state index contributed by atoms with van der Waals surface area (Å²) in [5, 5.41) is 2.54. The first-order valence-electron chi connectivity index (χ1n) is 5.32. The number of nitrogens with one attached hydrogen (secondary N) is 1. The van der Waals surface area contributed by atoms with E-state index >= 15 is 0 Å².